The van der Waals surface area contributed by atoms with Crippen molar-refractivity contribution in [3.63, 3.8) is 0 Å². The Balaban J connectivity index is 2.69. The summed E-state index contributed by atoms with van der Waals surface area (Å²) < 4.78 is 52.3. The molecule has 0 aliphatic carbocycles. The Morgan fingerprint density at radius 2 is 1.53 bits per heavy atom. The van der Waals surface area contributed by atoms with E-state index < -0.39 is 17.6 Å². The van der Waals surface area contributed by atoms with Crippen LogP contribution in [0.1, 0.15) is 11.1 Å². The summed E-state index contributed by atoms with van der Waals surface area (Å²) in [6, 6.07) is 9.31. The summed E-state index contributed by atoms with van der Waals surface area (Å²) in [5.74, 6) is -0.910. The molecule has 0 fully saturated rings. The summed E-state index contributed by atoms with van der Waals surface area (Å²) in [4.78, 5) is 0. The van der Waals surface area contributed by atoms with Crippen molar-refractivity contribution in [2.24, 2.45) is 0 Å². The first-order valence-electron chi connectivity index (χ1n) is 5.45. The molecule has 5 heteroatoms. The van der Waals surface area contributed by atoms with Gasteiger partial charge in [0.15, 0.2) is 0 Å². The van der Waals surface area contributed by atoms with Gasteiger partial charge in [0.05, 0.1) is 5.56 Å². The van der Waals surface area contributed by atoms with Crippen LogP contribution in [0.4, 0.5) is 17.6 Å². The van der Waals surface area contributed by atoms with Gasteiger partial charge >= 0.3 is 6.18 Å². The Kier molecular flexibility index (Phi) is 3.80. The van der Waals surface area contributed by atoms with Crippen LogP contribution in [0.5, 0.6) is 0 Å². The van der Waals surface area contributed by atoms with Gasteiger partial charge in [-0.15, -0.1) is 11.6 Å². The molecule has 0 saturated heterocycles. The molecule has 0 N–H and O–H groups in total. The standard InChI is InChI=1S/C14H9ClF4/c15-8-11-9(10-4-1-2-7-13(10)16)5-3-6-12(11)14(17,18)19/h1-7H,8H2. The van der Waals surface area contributed by atoms with Gasteiger partial charge in [0.25, 0.3) is 0 Å². The van der Waals surface area contributed by atoms with Gasteiger partial charge in [0.2, 0.25) is 0 Å². The summed E-state index contributed by atoms with van der Waals surface area (Å²) in [5.41, 5.74) is -0.655. The van der Waals surface area contributed by atoms with Crippen LogP contribution < -0.4 is 0 Å². The highest BCUT2D eigenvalue weighted by atomic mass is 35.5. The molecule has 19 heavy (non-hydrogen) atoms. The maximum Gasteiger partial charge on any atom is 0.416 e. The fourth-order valence-corrected chi connectivity index (χ4v) is 2.22. The second-order valence-electron chi connectivity index (χ2n) is 3.94. The molecule has 2 aromatic rings. The molecule has 0 amide bonds. The van der Waals surface area contributed by atoms with Crippen LogP contribution in [0.15, 0.2) is 42.5 Å². The van der Waals surface area contributed by atoms with Crippen molar-refractivity contribution in [2.75, 3.05) is 0 Å². The number of hydrogen-bond acceptors (Lipinski definition) is 0. The molecule has 0 unspecified atom stereocenters. The maximum absolute atomic E-state index is 13.7. The number of rotatable bonds is 2. The summed E-state index contributed by atoms with van der Waals surface area (Å²) in [6.45, 7) is 0. The first-order valence-corrected chi connectivity index (χ1v) is 5.98. The summed E-state index contributed by atoms with van der Waals surface area (Å²) in [7, 11) is 0. The van der Waals surface area contributed by atoms with Crippen LogP contribution in [0.3, 0.4) is 0 Å². The Labute approximate surface area is 112 Å². The zero-order chi connectivity index (χ0) is 14.0. The molecule has 0 aliphatic heterocycles. The molecule has 100 valence electrons. The van der Waals surface area contributed by atoms with Gasteiger partial charge in [-0.05, 0) is 23.3 Å². The van der Waals surface area contributed by atoms with E-state index in [0.29, 0.717) is 0 Å². The van der Waals surface area contributed by atoms with Gasteiger partial charge in [-0.2, -0.15) is 13.2 Å². The third kappa shape index (κ3) is 2.73. The van der Waals surface area contributed by atoms with Gasteiger partial charge in [-0.1, -0.05) is 30.3 Å². The smallest absolute Gasteiger partial charge is 0.206 e. The second-order valence-corrected chi connectivity index (χ2v) is 4.21. The molecule has 0 aromatic heterocycles. The minimum Gasteiger partial charge on any atom is -0.206 e. The minimum atomic E-state index is -4.51. The lowest BCUT2D eigenvalue weighted by Gasteiger charge is -2.15. The molecule has 0 heterocycles. The van der Waals surface area contributed by atoms with Crippen LogP contribution >= 0.6 is 11.6 Å². The van der Waals surface area contributed by atoms with Gasteiger partial charge in [-0.25, -0.2) is 4.39 Å². The van der Waals surface area contributed by atoms with Crippen molar-refractivity contribution in [2.45, 2.75) is 12.1 Å². The fraction of sp³-hybridized carbons (Fsp3) is 0.143. The van der Waals surface area contributed by atoms with E-state index in [4.69, 9.17) is 11.6 Å². The Morgan fingerprint density at radius 1 is 0.895 bits per heavy atom. The minimum absolute atomic E-state index is 0.109. The summed E-state index contributed by atoms with van der Waals surface area (Å²) in [5, 5.41) is 0. The third-order valence-electron chi connectivity index (χ3n) is 2.78. The first-order chi connectivity index (χ1) is 8.95. The number of benzene rings is 2. The molecule has 0 atom stereocenters. The highest BCUT2D eigenvalue weighted by molar-refractivity contribution is 6.17. The van der Waals surface area contributed by atoms with Crippen LogP contribution in [-0.2, 0) is 12.1 Å². The Bertz CT molecular complexity index is 590. The van der Waals surface area contributed by atoms with Gasteiger partial charge < -0.3 is 0 Å². The third-order valence-corrected chi connectivity index (χ3v) is 3.05. The Morgan fingerprint density at radius 3 is 2.11 bits per heavy atom. The first kappa shape index (κ1) is 13.9. The van der Waals surface area contributed by atoms with Gasteiger partial charge in [0, 0.05) is 11.4 Å². The van der Waals surface area contributed by atoms with E-state index >= 15 is 0 Å². The maximum atomic E-state index is 13.7. The average molecular weight is 289 g/mol. The molecule has 0 saturated carbocycles. The molecule has 2 aromatic carbocycles. The van der Waals surface area contributed by atoms with Crippen LogP contribution in [0, 0.1) is 5.82 Å². The van der Waals surface area contributed by atoms with Crippen molar-refractivity contribution >= 4 is 11.6 Å². The van der Waals surface area contributed by atoms with Crippen molar-refractivity contribution in [1.29, 1.82) is 0 Å². The van der Waals surface area contributed by atoms with E-state index in [1.54, 1.807) is 6.07 Å². The van der Waals surface area contributed by atoms with E-state index in [9.17, 15) is 17.6 Å². The van der Waals surface area contributed by atoms with Crippen molar-refractivity contribution in [1.82, 2.24) is 0 Å². The van der Waals surface area contributed by atoms with Crippen molar-refractivity contribution < 1.29 is 17.6 Å². The lowest BCUT2D eigenvalue weighted by Crippen LogP contribution is -2.09. The van der Waals surface area contributed by atoms with Crippen LogP contribution in [0.25, 0.3) is 11.1 Å². The van der Waals surface area contributed by atoms with Crippen LogP contribution in [-0.4, -0.2) is 0 Å². The lowest BCUT2D eigenvalue weighted by molar-refractivity contribution is -0.138. The second kappa shape index (κ2) is 5.21. The van der Waals surface area contributed by atoms with E-state index in [-0.39, 0.29) is 22.6 Å². The van der Waals surface area contributed by atoms with E-state index in [1.807, 2.05) is 0 Å². The quantitative estimate of drug-likeness (QED) is 0.523. The molecule has 0 aliphatic rings. The predicted molar refractivity (Wildman–Crippen MR) is 66.4 cm³/mol. The van der Waals surface area contributed by atoms with Gasteiger partial charge in [0.1, 0.15) is 5.82 Å². The number of hydrogen-bond donors (Lipinski definition) is 0. The van der Waals surface area contributed by atoms with Gasteiger partial charge in [-0.3, -0.25) is 0 Å². The molecule has 0 bridgehead atoms. The number of alkyl halides is 4. The molecule has 0 nitrogen and oxygen atoms in total. The fourth-order valence-electron chi connectivity index (χ4n) is 1.93. The average Bonchev–Trinajstić information content (AvgIpc) is 2.37. The monoisotopic (exact) mass is 288 g/mol. The predicted octanol–water partition coefficient (Wildman–Crippen LogP) is 5.25. The normalized spacial score (nSPS) is 11.6. The molecule has 0 radical (unpaired) electrons. The van der Waals surface area contributed by atoms with E-state index in [0.717, 1.165) is 6.07 Å². The van der Waals surface area contributed by atoms with E-state index in [1.165, 1.54) is 30.3 Å². The zero-order valence-electron chi connectivity index (χ0n) is 9.64. The number of halogens is 5. The highest BCUT2D eigenvalue weighted by Gasteiger charge is 2.34. The van der Waals surface area contributed by atoms with E-state index in [2.05, 4.69) is 0 Å². The lowest BCUT2D eigenvalue weighted by atomic mass is 9.96. The summed E-state index contributed by atoms with van der Waals surface area (Å²) >= 11 is 5.62. The molecule has 2 rings (SSSR count). The van der Waals surface area contributed by atoms with Crippen molar-refractivity contribution in [3.8, 4) is 11.1 Å². The molecular weight excluding hydrogens is 280 g/mol. The molecule has 0 spiro atoms. The Hall–Kier alpha value is -1.55. The SMILES string of the molecule is Fc1ccccc1-c1cccc(C(F)(F)F)c1CCl. The van der Waals surface area contributed by atoms with Crippen LogP contribution in [0.2, 0.25) is 0 Å². The largest absolute Gasteiger partial charge is 0.416 e. The van der Waals surface area contributed by atoms with Crippen molar-refractivity contribution in [3.05, 3.63) is 59.4 Å². The zero-order valence-corrected chi connectivity index (χ0v) is 10.4. The molecular formula is C14H9ClF4. The topological polar surface area (TPSA) is 0 Å². The highest BCUT2D eigenvalue weighted by Crippen LogP contribution is 2.38. The summed E-state index contributed by atoms with van der Waals surface area (Å²) in [6.07, 6.45) is -4.51.